The summed E-state index contributed by atoms with van der Waals surface area (Å²) in [4.78, 5) is 18.6. The molecular formula is C13H23N3O2S. The number of thioether (sulfide) groups is 1. The number of hydrogen-bond donors (Lipinski definition) is 1. The monoisotopic (exact) mass is 285 g/mol. The first-order chi connectivity index (χ1) is 9.20. The van der Waals surface area contributed by atoms with Crippen molar-refractivity contribution in [2.75, 3.05) is 32.8 Å². The molecule has 2 aliphatic rings. The van der Waals surface area contributed by atoms with Crippen LogP contribution in [0.4, 0.5) is 0 Å². The second kappa shape index (κ2) is 7.14. The lowest BCUT2D eigenvalue weighted by molar-refractivity contribution is -0.136. The van der Waals surface area contributed by atoms with E-state index in [9.17, 15) is 4.79 Å². The van der Waals surface area contributed by atoms with Gasteiger partial charge in [-0.25, -0.2) is 0 Å². The molecule has 1 saturated heterocycles. The molecule has 0 aromatic rings. The van der Waals surface area contributed by atoms with Crippen LogP contribution < -0.4 is 5.32 Å². The molecule has 6 heteroatoms. The van der Waals surface area contributed by atoms with Crippen molar-refractivity contribution < 1.29 is 9.53 Å². The summed E-state index contributed by atoms with van der Waals surface area (Å²) in [6.07, 6.45) is 2.37. The Labute approximate surface area is 119 Å². The summed E-state index contributed by atoms with van der Waals surface area (Å²) >= 11 is 1.77. The fourth-order valence-corrected chi connectivity index (χ4v) is 3.49. The first kappa shape index (κ1) is 14.7. The topological polar surface area (TPSA) is 53.9 Å². The van der Waals surface area contributed by atoms with Crippen LogP contribution in [0.3, 0.4) is 0 Å². The molecule has 2 heterocycles. The Morgan fingerprint density at radius 3 is 3.00 bits per heavy atom. The molecule has 2 aliphatic heterocycles. The highest BCUT2D eigenvalue weighted by molar-refractivity contribution is 8.14. The maximum atomic E-state index is 12.2. The number of rotatable bonds is 4. The number of amides is 1. The maximum absolute atomic E-state index is 12.2. The highest BCUT2D eigenvalue weighted by atomic mass is 32.2. The SMILES string of the molecule is CCCC1CN=C(NC(C)C(=O)N2CCOCC2)S1. The largest absolute Gasteiger partial charge is 0.378 e. The third kappa shape index (κ3) is 4.11. The van der Waals surface area contributed by atoms with E-state index < -0.39 is 0 Å². The summed E-state index contributed by atoms with van der Waals surface area (Å²) in [6.45, 7) is 7.66. The summed E-state index contributed by atoms with van der Waals surface area (Å²) in [5.41, 5.74) is 0. The molecule has 0 aliphatic carbocycles. The van der Waals surface area contributed by atoms with Gasteiger partial charge in [-0.15, -0.1) is 0 Å². The van der Waals surface area contributed by atoms with Gasteiger partial charge >= 0.3 is 0 Å². The van der Waals surface area contributed by atoms with E-state index in [-0.39, 0.29) is 11.9 Å². The van der Waals surface area contributed by atoms with Gasteiger partial charge in [0.2, 0.25) is 5.91 Å². The van der Waals surface area contributed by atoms with Gasteiger partial charge in [-0.05, 0) is 13.3 Å². The molecule has 0 aromatic heterocycles. The van der Waals surface area contributed by atoms with Gasteiger partial charge in [0, 0.05) is 18.3 Å². The zero-order chi connectivity index (χ0) is 13.7. The Bertz CT molecular complexity index is 343. The van der Waals surface area contributed by atoms with E-state index in [4.69, 9.17) is 4.74 Å². The minimum atomic E-state index is -0.204. The third-order valence-electron chi connectivity index (χ3n) is 3.36. The number of hydrogen-bond acceptors (Lipinski definition) is 5. The number of aliphatic imine (C=N–C) groups is 1. The van der Waals surface area contributed by atoms with Crippen molar-refractivity contribution in [3.8, 4) is 0 Å². The number of amidine groups is 1. The van der Waals surface area contributed by atoms with Gasteiger partial charge in [-0.1, -0.05) is 25.1 Å². The molecule has 0 spiro atoms. The molecule has 0 aromatic carbocycles. The Kier molecular flexibility index (Phi) is 5.51. The van der Waals surface area contributed by atoms with Crippen LogP contribution in [0, 0.1) is 0 Å². The Hall–Kier alpha value is -0.750. The van der Waals surface area contributed by atoms with E-state index in [2.05, 4.69) is 17.2 Å². The molecule has 2 atom stereocenters. The molecule has 1 fully saturated rings. The number of nitrogens with zero attached hydrogens (tertiary/aromatic N) is 2. The molecule has 0 saturated carbocycles. The van der Waals surface area contributed by atoms with E-state index in [1.165, 1.54) is 12.8 Å². The van der Waals surface area contributed by atoms with Crippen molar-refractivity contribution in [3.05, 3.63) is 0 Å². The van der Waals surface area contributed by atoms with Gasteiger partial charge in [-0.3, -0.25) is 9.79 Å². The molecule has 2 unspecified atom stereocenters. The van der Waals surface area contributed by atoms with Crippen molar-refractivity contribution in [2.45, 2.75) is 38.0 Å². The molecule has 1 N–H and O–H groups in total. The molecule has 108 valence electrons. The zero-order valence-electron chi connectivity index (χ0n) is 11.7. The van der Waals surface area contributed by atoms with Gasteiger partial charge in [0.05, 0.1) is 19.8 Å². The lowest BCUT2D eigenvalue weighted by atomic mass is 10.2. The Morgan fingerprint density at radius 2 is 2.32 bits per heavy atom. The summed E-state index contributed by atoms with van der Waals surface area (Å²) in [7, 11) is 0. The molecule has 19 heavy (non-hydrogen) atoms. The van der Waals surface area contributed by atoms with Crippen LogP contribution in [0.25, 0.3) is 0 Å². The van der Waals surface area contributed by atoms with E-state index >= 15 is 0 Å². The highest BCUT2D eigenvalue weighted by Crippen LogP contribution is 2.23. The van der Waals surface area contributed by atoms with Crippen LogP contribution in [0.5, 0.6) is 0 Å². The van der Waals surface area contributed by atoms with Crippen LogP contribution in [0.15, 0.2) is 4.99 Å². The van der Waals surface area contributed by atoms with Crippen molar-refractivity contribution >= 4 is 22.8 Å². The van der Waals surface area contributed by atoms with E-state index in [0.29, 0.717) is 31.6 Å². The van der Waals surface area contributed by atoms with Gasteiger partial charge < -0.3 is 15.0 Å². The Balaban J connectivity index is 1.77. The molecule has 0 bridgehead atoms. The standard InChI is InChI=1S/C13H23N3O2S/c1-3-4-11-9-14-13(19-11)15-10(2)12(17)16-5-7-18-8-6-16/h10-11H,3-9H2,1-2H3,(H,14,15). The lowest BCUT2D eigenvalue weighted by Gasteiger charge is -2.29. The predicted molar refractivity (Wildman–Crippen MR) is 78.6 cm³/mol. The average molecular weight is 285 g/mol. The van der Waals surface area contributed by atoms with Crippen molar-refractivity contribution in [3.63, 3.8) is 0 Å². The van der Waals surface area contributed by atoms with Gasteiger partial charge in [-0.2, -0.15) is 0 Å². The number of nitrogens with one attached hydrogen (secondary N) is 1. The quantitative estimate of drug-likeness (QED) is 0.840. The van der Waals surface area contributed by atoms with E-state index in [1.807, 2.05) is 11.8 Å². The molecular weight excluding hydrogens is 262 g/mol. The summed E-state index contributed by atoms with van der Waals surface area (Å²) < 4.78 is 5.26. The number of ether oxygens (including phenoxy) is 1. The van der Waals surface area contributed by atoms with Crippen molar-refractivity contribution in [2.24, 2.45) is 4.99 Å². The highest BCUT2D eigenvalue weighted by Gasteiger charge is 2.25. The molecule has 0 radical (unpaired) electrons. The lowest BCUT2D eigenvalue weighted by Crippen LogP contribution is -2.50. The van der Waals surface area contributed by atoms with Crippen molar-refractivity contribution in [1.82, 2.24) is 10.2 Å². The molecule has 1 amide bonds. The summed E-state index contributed by atoms with van der Waals surface area (Å²) in [6, 6.07) is -0.204. The van der Waals surface area contributed by atoms with Crippen LogP contribution in [0.2, 0.25) is 0 Å². The van der Waals surface area contributed by atoms with Gasteiger partial charge in [0.1, 0.15) is 6.04 Å². The summed E-state index contributed by atoms with van der Waals surface area (Å²) in [5.74, 6) is 0.144. The first-order valence-electron chi connectivity index (χ1n) is 7.05. The van der Waals surface area contributed by atoms with Crippen LogP contribution in [-0.2, 0) is 9.53 Å². The van der Waals surface area contributed by atoms with Crippen molar-refractivity contribution in [1.29, 1.82) is 0 Å². The van der Waals surface area contributed by atoms with Gasteiger partial charge in [0.25, 0.3) is 0 Å². The smallest absolute Gasteiger partial charge is 0.244 e. The predicted octanol–water partition coefficient (Wildman–Crippen LogP) is 1.09. The Morgan fingerprint density at radius 1 is 1.58 bits per heavy atom. The van der Waals surface area contributed by atoms with Crippen LogP contribution in [-0.4, -0.2) is 60.1 Å². The number of carbonyl (C=O) groups excluding carboxylic acids is 1. The van der Waals surface area contributed by atoms with E-state index in [0.717, 1.165) is 11.7 Å². The second-order valence-corrected chi connectivity index (χ2v) is 6.27. The fraction of sp³-hybridized carbons (Fsp3) is 0.846. The third-order valence-corrected chi connectivity index (χ3v) is 4.55. The maximum Gasteiger partial charge on any atom is 0.244 e. The number of morpholine rings is 1. The second-order valence-electron chi connectivity index (χ2n) is 4.98. The minimum absolute atomic E-state index is 0.144. The minimum Gasteiger partial charge on any atom is -0.378 e. The number of carbonyl (C=O) groups is 1. The van der Waals surface area contributed by atoms with Crippen LogP contribution >= 0.6 is 11.8 Å². The summed E-state index contributed by atoms with van der Waals surface area (Å²) in [5, 5.41) is 4.75. The van der Waals surface area contributed by atoms with Gasteiger partial charge in [0.15, 0.2) is 5.17 Å². The molecule has 2 rings (SSSR count). The average Bonchev–Trinajstić information content (AvgIpc) is 2.86. The molecule has 5 nitrogen and oxygen atoms in total. The zero-order valence-corrected chi connectivity index (χ0v) is 12.5. The fourth-order valence-electron chi connectivity index (χ4n) is 2.27. The first-order valence-corrected chi connectivity index (χ1v) is 7.93. The normalized spacial score (nSPS) is 25.1. The van der Waals surface area contributed by atoms with Crippen LogP contribution in [0.1, 0.15) is 26.7 Å². The van der Waals surface area contributed by atoms with E-state index in [1.54, 1.807) is 11.8 Å².